The third-order valence-electron chi connectivity index (χ3n) is 5.62. The molecule has 3 aromatic rings. The number of alkyl halides is 3. The number of carbonyl (C=O) groups is 1. The predicted octanol–water partition coefficient (Wildman–Crippen LogP) is 5.35. The molecule has 0 saturated carbocycles. The van der Waals surface area contributed by atoms with Gasteiger partial charge in [0.05, 0.1) is 5.69 Å². The van der Waals surface area contributed by atoms with Crippen LogP contribution in [0.5, 0.6) is 11.5 Å². The van der Waals surface area contributed by atoms with Gasteiger partial charge in [0.2, 0.25) is 12.7 Å². The molecule has 0 saturated heterocycles. The normalized spacial score (nSPS) is 14.7. The summed E-state index contributed by atoms with van der Waals surface area (Å²) in [7, 11) is 0. The van der Waals surface area contributed by atoms with Crippen LogP contribution in [-0.2, 0) is 17.4 Å². The van der Waals surface area contributed by atoms with Crippen LogP contribution in [-0.4, -0.2) is 35.0 Å². The molecule has 10 heteroatoms. The van der Waals surface area contributed by atoms with E-state index in [1.165, 1.54) is 0 Å². The van der Waals surface area contributed by atoms with Crippen LogP contribution >= 0.6 is 11.8 Å². The fourth-order valence-corrected chi connectivity index (χ4v) is 4.78. The Balaban J connectivity index is 1.33. The van der Waals surface area contributed by atoms with Crippen molar-refractivity contribution in [3.05, 3.63) is 59.8 Å². The summed E-state index contributed by atoms with van der Waals surface area (Å²) in [6.07, 6.45) is -2.66. The van der Waals surface area contributed by atoms with E-state index in [0.29, 0.717) is 23.6 Å². The Morgan fingerprint density at radius 1 is 1.06 bits per heavy atom. The van der Waals surface area contributed by atoms with Gasteiger partial charge in [-0.25, -0.2) is 9.97 Å². The van der Waals surface area contributed by atoms with Crippen molar-refractivity contribution in [3.8, 4) is 22.8 Å². The van der Waals surface area contributed by atoms with Crippen LogP contribution in [0.1, 0.15) is 24.1 Å². The molecule has 0 spiro atoms. The Morgan fingerprint density at radius 3 is 2.74 bits per heavy atom. The molecule has 34 heavy (non-hydrogen) atoms. The lowest BCUT2D eigenvalue weighted by molar-refractivity contribution is -0.141. The number of ether oxygens (including phenoxy) is 2. The Bertz CT molecular complexity index is 1240. The zero-order chi connectivity index (χ0) is 23.7. The van der Waals surface area contributed by atoms with Gasteiger partial charge in [-0.3, -0.25) is 4.79 Å². The van der Waals surface area contributed by atoms with Crippen molar-refractivity contribution in [1.82, 2.24) is 9.97 Å². The lowest BCUT2D eigenvalue weighted by Gasteiger charge is -2.29. The highest BCUT2D eigenvalue weighted by atomic mass is 32.2. The van der Waals surface area contributed by atoms with Gasteiger partial charge in [0, 0.05) is 30.0 Å². The Kier molecular flexibility index (Phi) is 6.07. The second-order valence-electron chi connectivity index (χ2n) is 7.86. The lowest BCUT2D eigenvalue weighted by Crippen LogP contribution is -2.35. The van der Waals surface area contributed by atoms with Gasteiger partial charge in [0.25, 0.3) is 0 Å². The number of halogens is 3. The average Bonchev–Trinajstić information content (AvgIpc) is 3.31. The number of carbonyl (C=O) groups excluding carboxylic acids is 1. The van der Waals surface area contributed by atoms with E-state index in [-0.39, 0.29) is 35.7 Å². The molecular weight excluding hydrogens is 467 g/mol. The highest BCUT2D eigenvalue weighted by Crippen LogP contribution is 2.37. The minimum atomic E-state index is -4.63. The summed E-state index contributed by atoms with van der Waals surface area (Å²) >= 11 is 1.03. The number of para-hydroxylation sites is 1. The van der Waals surface area contributed by atoms with Crippen molar-refractivity contribution in [2.45, 2.75) is 30.6 Å². The van der Waals surface area contributed by atoms with Gasteiger partial charge >= 0.3 is 6.18 Å². The van der Waals surface area contributed by atoms with Crippen LogP contribution in [0.4, 0.5) is 18.9 Å². The summed E-state index contributed by atoms with van der Waals surface area (Å²) in [5.74, 6) is 1.18. The molecule has 6 nitrogen and oxygen atoms in total. The molecule has 2 aromatic carbocycles. The summed E-state index contributed by atoms with van der Waals surface area (Å²) in [5, 5.41) is -0.0330. The van der Waals surface area contributed by atoms with Crippen molar-refractivity contribution < 1.29 is 27.4 Å². The van der Waals surface area contributed by atoms with Crippen LogP contribution in [0.25, 0.3) is 11.3 Å². The van der Waals surface area contributed by atoms with Crippen LogP contribution in [0, 0.1) is 0 Å². The van der Waals surface area contributed by atoms with Crippen LogP contribution < -0.4 is 14.4 Å². The second kappa shape index (κ2) is 9.17. The minimum Gasteiger partial charge on any atom is -0.454 e. The monoisotopic (exact) mass is 487 g/mol. The first-order valence-electron chi connectivity index (χ1n) is 10.8. The molecule has 0 N–H and O–H groups in total. The molecule has 0 fully saturated rings. The van der Waals surface area contributed by atoms with E-state index in [1.54, 1.807) is 23.1 Å². The third-order valence-corrected chi connectivity index (χ3v) is 6.47. The molecule has 0 radical (unpaired) electrons. The van der Waals surface area contributed by atoms with E-state index in [2.05, 4.69) is 9.97 Å². The molecule has 0 atom stereocenters. The first-order valence-corrected chi connectivity index (χ1v) is 11.7. The zero-order valence-electron chi connectivity index (χ0n) is 18.0. The van der Waals surface area contributed by atoms with E-state index in [1.807, 2.05) is 24.3 Å². The first-order chi connectivity index (χ1) is 16.4. The number of benzene rings is 2. The van der Waals surface area contributed by atoms with Crippen LogP contribution in [0.15, 0.2) is 53.7 Å². The second-order valence-corrected chi connectivity index (χ2v) is 8.92. The van der Waals surface area contributed by atoms with Crippen molar-refractivity contribution >= 4 is 23.4 Å². The van der Waals surface area contributed by atoms with Gasteiger partial charge in [0.15, 0.2) is 16.7 Å². The molecular formula is C24H20F3N3O3S. The highest BCUT2D eigenvalue weighted by Gasteiger charge is 2.34. The van der Waals surface area contributed by atoms with E-state index in [4.69, 9.17) is 9.47 Å². The Hall–Kier alpha value is -3.27. The van der Waals surface area contributed by atoms with Gasteiger partial charge in [-0.1, -0.05) is 30.0 Å². The van der Waals surface area contributed by atoms with Crippen molar-refractivity contribution in [2.24, 2.45) is 0 Å². The molecule has 3 heterocycles. The summed E-state index contributed by atoms with van der Waals surface area (Å²) in [5.41, 5.74) is 1.59. The fourth-order valence-electron chi connectivity index (χ4n) is 4.00. The summed E-state index contributed by atoms with van der Waals surface area (Å²) in [6.45, 7) is 0.696. The largest absolute Gasteiger partial charge is 0.454 e. The Morgan fingerprint density at radius 2 is 1.88 bits per heavy atom. The van der Waals surface area contributed by atoms with Gasteiger partial charge in [-0.2, -0.15) is 13.2 Å². The molecule has 0 unspecified atom stereocenters. The summed E-state index contributed by atoms with van der Waals surface area (Å²) in [6, 6.07) is 13.5. The van der Waals surface area contributed by atoms with E-state index < -0.39 is 11.9 Å². The SMILES string of the molecule is O=C(CCSc1nc(-c2ccc3c(c2)OCO3)cc(C(F)(F)F)n1)N1CCCc2ccccc21. The number of aryl methyl sites for hydroxylation is 1. The fraction of sp³-hybridized carbons (Fsp3) is 0.292. The van der Waals surface area contributed by atoms with Crippen molar-refractivity contribution in [1.29, 1.82) is 0 Å². The maximum absolute atomic E-state index is 13.5. The number of hydrogen-bond acceptors (Lipinski definition) is 6. The van der Waals surface area contributed by atoms with Crippen molar-refractivity contribution in [3.63, 3.8) is 0 Å². The molecule has 2 aliphatic heterocycles. The number of fused-ring (bicyclic) bond motifs is 2. The van der Waals surface area contributed by atoms with E-state index >= 15 is 0 Å². The van der Waals surface area contributed by atoms with Crippen LogP contribution in [0.3, 0.4) is 0 Å². The standard InChI is InChI=1S/C24H20F3N3O3S/c25-24(26,27)21-13-17(16-7-8-19-20(12-16)33-14-32-19)28-23(29-21)34-11-9-22(31)30-10-3-5-15-4-1-2-6-18(15)30/h1-2,4,6-8,12-13H,3,5,9-11,14H2. The van der Waals surface area contributed by atoms with Crippen LogP contribution in [0.2, 0.25) is 0 Å². The maximum Gasteiger partial charge on any atom is 0.433 e. The zero-order valence-corrected chi connectivity index (χ0v) is 18.8. The topological polar surface area (TPSA) is 64.5 Å². The van der Waals surface area contributed by atoms with Gasteiger partial charge in [-0.15, -0.1) is 0 Å². The average molecular weight is 488 g/mol. The molecule has 1 amide bonds. The number of aromatic nitrogens is 2. The lowest BCUT2D eigenvalue weighted by atomic mass is 10.0. The number of amides is 1. The number of anilines is 1. The quantitative estimate of drug-likeness (QED) is 0.357. The molecule has 0 aliphatic carbocycles. The van der Waals surface area contributed by atoms with Gasteiger partial charge < -0.3 is 14.4 Å². The predicted molar refractivity (Wildman–Crippen MR) is 121 cm³/mol. The maximum atomic E-state index is 13.5. The first kappa shape index (κ1) is 22.5. The number of thioether (sulfide) groups is 1. The molecule has 2 aliphatic rings. The molecule has 1 aromatic heterocycles. The molecule has 176 valence electrons. The number of nitrogens with zero attached hydrogens (tertiary/aromatic N) is 3. The molecule has 5 rings (SSSR count). The number of rotatable bonds is 5. The third kappa shape index (κ3) is 4.68. The van der Waals surface area contributed by atoms with E-state index in [0.717, 1.165) is 41.9 Å². The number of hydrogen-bond donors (Lipinski definition) is 0. The smallest absolute Gasteiger partial charge is 0.433 e. The van der Waals surface area contributed by atoms with Crippen molar-refractivity contribution in [2.75, 3.05) is 24.0 Å². The van der Waals surface area contributed by atoms with Gasteiger partial charge in [-0.05, 0) is 48.7 Å². The summed E-state index contributed by atoms with van der Waals surface area (Å²) in [4.78, 5) is 22.6. The highest BCUT2D eigenvalue weighted by molar-refractivity contribution is 7.99. The van der Waals surface area contributed by atoms with Gasteiger partial charge in [0.1, 0.15) is 5.69 Å². The molecule has 0 bridgehead atoms. The Labute approximate surface area is 198 Å². The minimum absolute atomic E-state index is 0.0330. The van der Waals surface area contributed by atoms with E-state index in [9.17, 15) is 18.0 Å². The summed E-state index contributed by atoms with van der Waals surface area (Å²) < 4.78 is 51.1.